The third-order valence-electron chi connectivity index (χ3n) is 3.34. The molecule has 1 aromatic rings. The number of likely N-dealkylation sites (N-methyl/N-ethyl adjacent to an activating group) is 1. The zero-order valence-corrected chi connectivity index (χ0v) is 11.2. The van der Waals surface area contributed by atoms with E-state index in [4.69, 9.17) is 17.3 Å². The first-order valence-electron chi connectivity index (χ1n) is 6.06. The summed E-state index contributed by atoms with van der Waals surface area (Å²) >= 11 is 6.33. The topological polar surface area (TPSA) is 32.5 Å². The first kappa shape index (κ1) is 12.7. The van der Waals surface area contributed by atoms with Crippen LogP contribution in [0.25, 0.3) is 0 Å². The van der Waals surface area contributed by atoms with E-state index >= 15 is 0 Å². The molecule has 0 amide bonds. The summed E-state index contributed by atoms with van der Waals surface area (Å²) in [5.74, 6) is 0. The van der Waals surface area contributed by atoms with E-state index in [1.807, 2.05) is 13.0 Å². The van der Waals surface area contributed by atoms with Crippen molar-refractivity contribution >= 4 is 17.3 Å². The van der Waals surface area contributed by atoms with Crippen LogP contribution in [-0.4, -0.2) is 38.1 Å². The molecule has 3 nitrogen and oxygen atoms in total. The Hall–Kier alpha value is -0.770. The molecule has 17 heavy (non-hydrogen) atoms. The Bertz CT molecular complexity index is 384. The highest BCUT2D eigenvalue weighted by Gasteiger charge is 2.16. The predicted octanol–water partition coefficient (Wildman–Crippen LogP) is 2.11. The van der Waals surface area contributed by atoms with Gasteiger partial charge in [0, 0.05) is 32.2 Å². The Morgan fingerprint density at radius 2 is 1.88 bits per heavy atom. The molecule has 4 heteroatoms. The van der Waals surface area contributed by atoms with Gasteiger partial charge in [-0.1, -0.05) is 17.7 Å². The molecule has 1 aliphatic rings. The number of benzene rings is 1. The van der Waals surface area contributed by atoms with Gasteiger partial charge in [-0.3, -0.25) is 0 Å². The van der Waals surface area contributed by atoms with Crippen LogP contribution in [0, 0.1) is 0 Å². The SMILES string of the molecule is C[C@@H](N)c1ccc(N2CCN(C)CC2)c(Cl)c1. The standard InChI is InChI=1S/C13H20ClN3/c1-10(15)11-3-4-13(12(14)9-11)17-7-5-16(2)6-8-17/h3-4,9-10H,5-8,15H2,1-2H3/t10-/m1/s1. The van der Waals surface area contributed by atoms with Crippen LogP contribution < -0.4 is 10.6 Å². The zero-order valence-electron chi connectivity index (χ0n) is 10.5. The van der Waals surface area contributed by atoms with E-state index in [9.17, 15) is 0 Å². The lowest BCUT2D eigenvalue weighted by molar-refractivity contribution is 0.313. The van der Waals surface area contributed by atoms with Gasteiger partial charge >= 0.3 is 0 Å². The molecule has 0 spiro atoms. The number of halogens is 1. The number of anilines is 1. The van der Waals surface area contributed by atoms with Crippen molar-refractivity contribution in [3.8, 4) is 0 Å². The summed E-state index contributed by atoms with van der Waals surface area (Å²) in [6.45, 7) is 6.22. The van der Waals surface area contributed by atoms with Crippen molar-refractivity contribution < 1.29 is 0 Å². The number of piperazine rings is 1. The third-order valence-corrected chi connectivity index (χ3v) is 3.64. The van der Waals surface area contributed by atoms with Crippen molar-refractivity contribution in [1.82, 2.24) is 4.90 Å². The van der Waals surface area contributed by atoms with Crippen molar-refractivity contribution in [2.24, 2.45) is 5.73 Å². The molecule has 1 aromatic carbocycles. The highest BCUT2D eigenvalue weighted by Crippen LogP contribution is 2.29. The number of hydrogen-bond acceptors (Lipinski definition) is 3. The van der Waals surface area contributed by atoms with Gasteiger partial charge in [-0.2, -0.15) is 0 Å². The summed E-state index contributed by atoms with van der Waals surface area (Å²) < 4.78 is 0. The maximum absolute atomic E-state index is 6.33. The van der Waals surface area contributed by atoms with Crippen LogP contribution in [0.1, 0.15) is 18.5 Å². The maximum atomic E-state index is 6.33. The maximum Gasteiger partial charge on any atom is 0.0642 e. The zero-order chi connectivity index (χ0) is 12.4. The number of nitrogens with two attached hydrogens (primary N) is 1. The predicted molar refractivity (Wildman–Crippen MR) is 73.8 cm³/mol. The first-order chi connectivity index (χ1) is 8.08. The largest absolute Gasteiger partial charge is 0.368 e. The number of hydrogen-bond donors (Lipinski definition) is 1. The Labute approximate surface area is 108 Å². The van der Waals surface area contributed by atoms with Crippen LogP contribution >= 0.6 is 11.6 Å². The molecule has 1 heterocycles. The van der Waals surface area contributed by atoms with E-state index < -0.39 is 0 Å². The van der Waals surface area contributed by atoms with Crippen molar-refractivity contribution in [2.75, 3.05) is 38.1 Å². The monoisotopic (exact) mass is 253 g/mol. The van der Waals surface area contributed by atoms with E-state index in [0.29, 0.717) is 0 Å². The normalized spacial score (nSPS) is 19.4. The first-order valence-corrected chi connectivity index (χ1v) is 6.44. The van der Waals surface area contributed by atoms with Crippen LogP contribution in [0.4, 0.5) is 5.69 Å². The lowest BCUT2D eigenvalue weighted by Gasteiger charge is -2.34. The minimum atomic E-state index is 0.0361. The summed E-state index contributed by atoms with van der Waals surface area (Å²) in [6.07, 6.45) is 0. The molecule has 2 N–H and O–H groups in total. The van der Waals surface area contributed by atoms with E-state index in [2.05, 4.69) is 29.0 Å². The molecule has 1 saturated heterocycles. The quantitative estimate of drug-likeness (QED) is 0.876. The minimum absolute atomic E-state index is 0.0361. The summed E-state index contributed by atoms with van der Waals surface area (Å²) in [5.41, 5.74) is 8.07. The van der Waals surface area contributed by atoms with Crippen LogP contribution in [0.5, 0.6) is 0 Å². The molecular weight excluding hydrogens is 234 g/mol. The van der Waals surface area contributed by atoms with Gasteiger partial charge in [-0.15, -0.1) is 0 Å². The Morgan fingerprint density at radius 3 is 2.41 bits per heavy atom. The smallest absolute Gasteiger partial charge is 0.0642 e. The van der Waals surface area contributed by atoms with Crippen LogP contribution in [-0.2, 0) is 0 Å². The fraction of sp³-hybridized carbons (Fsp3) is 0.538. The van der Waals surface area contributed by atoms with E-state index in [1.165, 1.54) is 0 Å². The average Bonchev–Trinajstić information content (AvgIpc) is 2.30. The lowest BCUT2D eigenvalue weighted by Crippen LogP contribution is -2.44. The molecule has 1 atom stereocenters. The molecule has 0 saturated carbocycles. The van der Waals surface area contributed by atoms with Crippen molar-refractivity contribution in [3.05, 3.63) is 28.8 Å². The van der Waals surface area contributed by atoms with Crippen molar-refractivity contribution in [2.45, 2.75) is 13.0 Å². The molecule has 1 fully saturated rings. The molecule has 0 radical (unpaired) electrons. The lowest BCUT2D eigenvalue weighted by atomic mass is 10.1. The summed E-state index contributed by atoms with van der Waals surface area (Å²) in [7, 11) is 2.15. The van der Waals surface area contributed by atoms with Crippen LogP contribution in [0.3, 0.4) is 0 Å². The number of nitrogens with zero attached hydrogens (tertiary/aromatic N) is 2. The van der Waals surface area contributed by atoms with E-state index in [-0.39, 0.29) is 6.04 Å². The Morgan fingerprint density at radius 1 is 1.24 bits per heavy atom. The van der Waals surface area contributed by atoms with Crippen LogP contribution in [0.15, 0.2) is 18.2 Å². The Kier molecular flexibility index (Phi) is 3.92. The fourth-order valence-electron chi connectivity index (χ4n) is 2.11. The second kappa shape index (κ2) is 5.25. The molecule has 0 aliphatic carbocycles. The van der Waals surface area contributed by atoms with Gasteiger partial charge in [0.15, 0.2) is 0 Å². The van der Waals surface area contributed by atoms with Gasteiger partial charge in [0.2, 0.25) is 0 Å². The van der Waals surface area contributed by atoms with Gasteiger partial charge in [0.25, 0.3) is 0 Å². The molecule has 2 rings (SSSR count). The fourth-order valence-corrected chi connectivity index (χ4v) is 2.42. The minimum Gasteiger partial charge on any atom is -0.368 e. The van der Waals surface area contributed by atoms with Crippen LogP contribution in [0.2, 0.25) is 5.02 Å². The van der Waals surface area contributed by atoms with Gasteiger partial charge < -0.3 is 15.5 Å². The molecule has 0 aromatic heterocycles. The van der Waals surface area contributed by atoms with E-state index in [0.717, 1.165) is 42.5 Å². The van der Waals surface area contributed by atoms with Gasteiger partial charge in [-0.05, 0) is 31.7 Å². The third kappa shape index (κ3) is 2.92. The van der Waals surface area contributed by atoms with Crippen molar-refractivity contribution in [3.63, 3.8) is 0 Å². The Balaban J connectivity index is 2.16. The van der Waals surface area contributed by atoms with Crippen molar-refractivity contribution in [1.29, 1.82) is 0 Å². The highest BCUT2D eigenvalue weighted by molar-refractivity contribution is 6.33. The molecule has 1 aliphatic heterocycles. The number of rotatable bonds is 2. The molecule has 0 unspecified atom stereocenters. The second-order valence-electron chi connectivity index (χ2n) is 4.79. The highest BCUT2D eigenvalue weighted by atomic mass is 35.5. The molecule has 94 valence electrons. The van der Waals surface area contributed by atoms with E-state index in [1.54, 1.807) is 0 Å². The summed E-state index contributed by atoms with van der Waals surface area (Å²) in [4.78, 5) is 4.67. The van der Waals surface area contributed by atoms with Gasteiger partial charge in [-0.25, -0.2) is 0 Å². The average molecular weight is 254 g/mol. The van der Waals surface area contributed by atoms with Gasteiger partial charge in [0.05, 0.1) is 10.7 Å². The van der Waals surface area contributed by atoms with Gasteiger partial charge in [0.1, 0.15) is 0 Å². The molecular formula is C13H20ClN3. The second-order valence-corrected chi connectivity index (χ2v) is 5.20. The summed E-state index contributed by atoms with van der Waals surface area (Å²) in [6, 6.07) is 6.19. The molecule has 0 bridgehead atoms. The summed E-state index contributed by atoms with van der Waals surface area (Å²) in [5, 5.41) is 0.810.